The molecular weight excluding hydrogens is 420 g/mol. The minimum Gasteiger partial charge on any atom is -0.493 e. The second kappa shape index (κ2) is 10.4. The summed E-state index contributed by atoms with van der Waals surface area (Å²) in [6.45, 7) is 0.696. The lowest BCUT2D eigenvalue weighted by Gasteiger charge is -2.27. The van der Waals surface area contributed by atoms with Crippen molar-refractivity contribution in [1.29, 1.82) is 0 Å². The van der Waals surface area contributed by atoms with Crippen molar-refractivity contribution in [2.75, 3.05) is 12.0 Å². The molecule has 5 rings (SSSR count). The first-order chi connectivity index (χ1) is 16.8. The van der Waals surface area contributed by atoms with E-state index in [1.165, 1.54) is 24.0 Å². The first-order valence-corrected chi connectivity index (χ1v) is 12.0. The van der Waals surface area contributed by atoms with Crippen molar-refractivity contribution in [3.05, 3.63) is 103 Å². The van der Waals surface area contributed by atoms with Crippen molar-refractivity contribution >= 4 is 11.4 Å². The predicted molar refractivity (Wildman–Crippen MR) is 138 cm³/mol. The van der Waals surface area contributed by atoms with E-state index in [-0.39, 0.29) is 6.10 Å². The Morgan fingerprint density at radius 2 is 1.59 bits per heavy atom. The molecule has 1 aliphatic rings. The normalized spacial score (nSPS) is 13.6. The average molecular weight is 451 g/mol. The fourth-order valence-electron chi connectivity index (χ4n) is 4.60. The Kier molecular flexibility index (Phi) is 6.76. The minimum atomic E-state index is 0.261. The lowest BCUT2D eigenvalue weighted by atomic mass is 10.0. The molecule has 1 aliphatic carbocycles. The Bertz CT molecular complexity index is 1200. The smallest absolute Gasteiger partial charge is 0.163 e. The maximum absolute atomic E-state index is 6.40. The van der Waals surface area contributed by atoms with Gasteiger partial charge in [-0.25, -0.2) is 0 Å². The van der Waals surface area contributed by atoms with Gasteiger partial charge in [0.15, 0.2) is 11.5 Å². The molecule has 0 amide bonds. The zero-order chi connectivity index (χ0) is 23.2. The van der Waals surface area contributed by atoms with Gasteiger partial charge in [0.25, 0.3) is 0 Å². The quantitative estimate of drug-likeness (QED) is 0.280. The Morgan fingerprint density at radius 1 is 0.794 bits per heavy atom. The summed E-state index contributed by atoms with van der Waals surface area (Å²) in [5.74, 6) is 1.58. The molecule has 0 unspecified atom stereocenters. The molecule has 1 aromatic heterocycles. The fourth-order valence-corrected chi connectivity index (χ4v) is 4.60. The molecule has 0 N–H and O–H groups in total. The number of methoxy groups -OCH3 is 1. The number of benzene rings is 3. The molecule has 0 atom stereocenters. The van der Waals surface area contributed by atoms with E-state index < -0.39 is 0 Å². The number of hydrogen-bond acceptors (Lipinski definition) is 4. The molecule has 1 fully saturated rings. The third kappa shape index (κ3) is 5.07. The molecule has 0 radical (unpaired) electrons. The number of hydrogen-bond donors (Lipinski definition) is 0. The highest BCUT2D eigenvalue weighted by Crippen LogP contribution is 2.38. The fraction of sp³-hybridized carbons (Fsp3) is 0.233. The summed E-state index contributed by atoms with van der Waals surface area (Å²) in [7, 11) is 1.70. The molecule has 0 bridgehead atoms. The van der Waals surface area contributed by atoms with Crippen molar-refractivity contribution in [2.45, 2.75) is 38.3 Å². The van der Waals surface area contributed by atoms with Crippen LogP contribution in [-0.4, -0.2) is 18.2 Å². The second-order valence-electron chi connectivity index (χ2n) is 8.72. The van der Waals surface area contributed by atoms with Gasteiger partial charge in [-0.15, -0.1) is 0 Å². The van der Waals surface area contributed by atoms with Crippen molar-refractivity contribution in [2.24, 2.45) is 0 Å². The number of anilines is 2. The van der Waals surface area contributed by atoms with Gasteiger partial charge in [-0.1, -0.05) is 48.5 Å². The van der Waals surface area contributed by atoms with E-state index in [2.05, 4.69) is 76.6 Å². The lowest BCUT2D eigenvalue weighted by Crippen LogP contribution is -2.17. The maximum atomic E-state index is 6.40. The lowest BCUT2D eigenvalue weighted by molar-refractivity contribution is 0.201. The average Bonchev–Trinajstić information content (AvgIpc) is 3.42. The van der Waals surface area contributed by atoms with Crippen LogP contribution in [0.4, 0.5) is 11.4 Å². The molecule has 4 heteroatoms. The highest BCUT2D eigenvalue weighted by atomic mass is 16.5. The van der Waals surface area contributed by atoms with Crippen LogP contribution in [0.2, 0.25) is 0 Å². The Hall–Kier alpha value is -3.79. The van der Waals surface area contributed by atoms with E-state index in [1.54, 1.807) is 7.11 Å². The van der Waals surface area contributed by atoms with Gasteiger partial charge in [0.05, 0.1) is 13.2 Å². The van der Waals surface area contributed by atoms with Crippen LogP contribution in [0.5, 0.6) is 11.5 Å². The molecule has 1 saturated carbocycles. The van der Waals surface area contributed by atoms with Gasteiger partial charge >= 0.3 is 0 Å². The third-order valence-electron chi connectivity index (χ3n) is 6.38. The number of rotatable bonds is 8. The van der Waals surface area contributed by atoms with E-state index in [1.807, 2.05) is 30.6 Å². The first-order valence-electron chi connectivity index (χ1n) is 12.0. The summed E-state index contributed by atoms with van der Waals surface area (Å²) in [6.07, 6.45) is 8.66. The van der Waals surface area contributed by atoms with Gasteiger partial charge < -0.3 is 14.4 Å². The summed E-state index contributed by atoms with van der Waals surface area (Å²) in [6, 6.07) is 29.5. The summed E-state index contributed by atoms with van der Waals surface area (Å²) < 4.78 is 12.0. The number of pyridine rings is 1. The van der Waals surface area contributed by atoms with Gasteiger partial charge in [-0.05, 0) is 72.7 Å². The predicted octanol–water partition coefficient (Wildman–Crippen LogP) is 7.42. The zero-order valence-corrected chi connectivity index (χ0v) is 19.6. The number of aromatic nitrogens is 1. The topological polar surface area (TPSA) is 34.6 Å². The highest BCUT2D eigenvalue weighted by molar-refractivity contribution is 5.73. The van der Waals surface area contributed by atoms with Crippen LogP contribution >= 0.6 is 0 Å². The van der Waals surface area contributed by atoms with Gasteiger partial charge in [0.2, 0.25) is 0 Å². The van der Waals surface area contributed by atoms with Crippen molar-refractivity contribution in [3.63, 3.8) is 0 Å². The van der Waals surface area contributed by atoms with Crippen LogP contribution in [0.1, 0.15) is 31.2 Å². The van der Waals surface area contributed by atoms with Crippen LogP contribution < -0.4 is 14.4 Å². The molecule has 4 aromatic rings. The molecule has 172 valence electrons. The van der Waals surface area contributed by atoms with E-state index >= 15 is 0 Å². The molecule has 4 nitrogen and oxygen atoms in total. The monoisotopic (exact) mass is 450 g/mol. The van der Waals surface area contributed by atoms with Crippen molar-refractivity contribution in [3.8, 4) is 22.6 Å². The van der Waals surface area contributed by atoms with E-state index in [0.29, 0.717) is 6.54 Å². The molecule has 0 spiro atoms. The van der Waals surface area contributed by atoms with Gasteiger partial charge in [-0.2, -0.15) is 0 Å². The Labute approximate surface area is 201 Å². The zero-order valence-electron chi connectivity index (χ0n) is 19.6. The summed E-state index contributed by atoms with van der Waals surface area (Å²) in [5.41, 5.74) is 5.70. The standard InChI is InChI=1S/C30H30N2O2/c1-33-29-17-16-27(20-30(29)34-28-14-5-6-15-28)32(22-23-9-8-18-31-21-23)26-13-7-12-25(19-26)24-10-3-2-4-11-24/h2-4,7-13,16-21,28H,5-6,14-15,22H2,1H3. The van der Waals surface area contributed by atoms with E-state index in [9.17, 15) is 0 Å². The van der Waals surface area contributed by atoms with Crippen LogP contribution in [0, 0.1) is 0 Å². The summed E-state index contributed by atoms with van der Waals surface area (Å²) >= 11 is 0. The molecular formula is C30H30N2O2. The molecule has 1 heterocycles. The van der Waals surface area contributed by atoms with Gasteiger partial charge in [-0.3, -0.25) is 4.98 Å². The van der Waals surface area contributed by atoms with Crippen LogP contribution in [0.25, 0.3) is 11.1 Å². The highest BCUT2D eigenvalue weighted by Gasteiger charge is 2.20. The third-order valence-corrected chi connectivity index (χ3v) is 6.38. The summed E-state index contributed by atoms with van der Waals surface area (Å²) in [5, 5.41) is 0. The number of nitrogens with zero attached hydrogens (tertiary/aromatic N) is 2. The SMILES string of the molecule is COc1ccc(N(Cc2cccnc2)c2cccc(-c3ccccc3)c2)cc1OC1CCCC1. The largest absolute Gasteiger partial charge is 0.493 e. The summed E-state index contributed by atoms with van der Waals surface area (Å²) in [4.78, 5) is 6.64. The Morgan fingerprint density at radius 3 is 2.35 bits per heavy atom. The second-order valence-corrected chi connectivity index (χ2v) is 8.72. The van der Waals surface area contributed by atoms with Crippen LogP contribution in [0.15, 0.2) is 97.3 Å². The molecule has 0 aliphatic heterocycles. The van der Waals surface area contributed by atoms with Crippen LogP contribution in [0.3, 0.4) is 0 Å². The maximum Gasteiger partial charge on any atom is 0.163 e. The van der Waals surface area contributed by atoms with Gasteiger partial charge in [0, 0.05) is 36.4 Å². The van der Waals surface area contributed by atoms with Crippen LogP contribution in [-0.2, 0) is 6.54 Å². The minimum absolute atomic E-state index is 0.261. The molecule has 0 saturated heterocycles. The van der Waals surface area contributed by atoms with Crippen molar-refractivity contribution in [1.82, 2.24) is 4.98 Å². The first kappa shape index (κ1) is 22.0. The Balaban J connectivity index is 1.54. The van der Waals surface area contributed by atoms with E-state index in [0.717, 1.165) is 41.3 Å². The van der Waals surface area contributed by atoms with E-state index in [4.69, 9.17) is 9.47 Å². The molecule has 34 heavy (non-hydrogen) atoms. The van der Waals surface area contributed by atoms with Gasteiger partial charge in [0.1, 0.15) is 0 Å². The molecule has 3 aromatic carbocycles. The number of ether oxygens (including phenoxy) is 2. The van der Waals surface area contributed by atoms with Crippen molar-refractivity contribution < 1.29 is 9.47 Å².